The van der Waals surface area contributed by atoms with E-state index >= 15 is 0 Å². The molecule has 5 heteroatoms. The van der Waals surface area contributed by atoms with Gasteiger partial charge in [0, 0.05) is 11.1 Å². The van der Waals surface area contributed by atoms with Crippen molar-refractivity contribution in [3.05, 3.63) is 24.3 Å². The Kier molecular flexibility index (Phi) is 9.10. The van der Waals surface area contributed by atoms with Crippen LogP contribution in [0.4, 0.5) is 0 Å². The van der Waals surface area contributed by atoms with Crippen molar-refractivity contribution in [1.29, 1.82) is 0 Å². The van der Waals surface area contributed by atoms with Gasteiger partial charge in [-0.05, 0) is 20.8 Å². The summed E-state index contributed by atoms with van der Waals surface area (Å²) in [6.45, 7) is 11.1. The summed E-state index contributed by atoms with van der Waals surface area (Å²) in [5.74, 6) is -1.39. The molecule has 2 N–H and O–H groups in total. The van der Waals surface area contributed by atoms with Crippen molar-refractivity contribution < 1.29 is 24.5 Å². The van der Waals surface area contributed by atoms with Crippen LogP contribution in [0.25, 0.3) is 0 Å². The van der Waals surface area contributed by atoms with Crippen molar-refractivity contribution in [3.8, 4) is 0 Å². The number of aliphatic hydroxyl groups excluding tert-OH is 1. The lowest BCUT2D eigenvalue weighted by molar-refractivity contribution is -0.141. The third kappa shape index (κ3) is 12.4. The molecular formula is C11H18O5. The molecule has 0 heterocycles. The Morgan fingerprint density at radius 2 is 1.62 bits per heavy atom. The molecule has 0 amide bonds. The van der Waals surface area contributed by atoms with Gasteiger partial charge in [0.2, 0.25) is 0 Å². The lowest BCUT2D eigenvalue weighted by Gasteiger charge is -2.04. The van der Waals surface area contributed by atoms with Crippen LogP contribution in [-0.4, -0.2) is 34.9 Å². The third-order valence-corrected chi connectivity index (χ3v) is 1.17. The lowest BCUT2D eigenvalue weighted by atomic mass is 10.3. The van der Waals surface area contributed by atoms with Crippen molar-refractivity contribution in [3.63, 3.8) is 0 Å². The van der Waals surface area contributed by atoms with Crippen LogP contribution in [0.3, 0.4) is 0 Å². The number of ether oxygens (including phenoxy) is 1. The van der Waals surface area contributed by atoms with Crippen LogP contribution < -0.4 is 0 Å². The first-order valence-corrected chi connectivity index (χ1v) is 4.58. The van der Waals surface area contributed by atoms with Crippen LogP contribution in [0.5, 0.6) is 0 Å². The molecule has 1 atom stereocenters. The number of carboxylic acids is 1. The molecule has 5 nitrogen and oxygen atoms in total. The predicted molar refractivity (Wildman–Crippen MR) is 59.9 cm³/mol. The standard InChI is InChI=1S/C7H12O3.C4H6O2/c1-5(2)7(9)10-4-6(3)8;1-3(2)4(5)6/h6,8H,1,4H2,2-3H3;1H2,2H3,(H,5,6). The number of hydrogen-bond acceptors (Lipinski definition) is 4. The summed E-state index contributed by atoms with van der Waals surface area (Å²) < 4.78 is 4.58. The summed E-state index contributed by atoms with van der Waals surface area (Å²) in [4.78, 5) is 20.2. The van der Waals surface area contributed by atoms with E-state index in [1.54, 1.807) is 13.8 Å². The highest BCUT2D eigenvalue weighted by molar-refractivity contribution is 5.86. The van der Waals surface area contributed by atoms with Gasteiger partial charge in [-0.3, -0.25) is 0 Å². The van der Waals surface area contributed by atoms with Gasteiger partial charge < -0.3 is 14.9 Å². The smallest absolute Gasteiger partial charge is 0.333 e. The molecule has 0 rings (SSSR count). The van der Waals surface area contributed by atoms with Gasteiger partial charge >= 0.3 is 11.9 Å². The summed E-state index contributed by atoms with van der Waals surface area (Å²) >= 11 is 0. The van der Waals surface area contributed by atoms with Gasteiger partial charge in [-0.2, -0.15) is 0 Å². The highest BCUT2D eigenvalue weighted by Crippen LogP contribution is 1.92. The van der Waals surface area contributed by atoms with Crippen molar-refractivity contribution >= 4 is 11.9 Å². The van der Waals surface area contributed by atoms with Crippen LogP contribution in [0, 0.1) is 0 Å². The fraction of sp³-hybridized carbons (Fsp3) is 0.455. The molecule has 0 aromatic rings. The Bertz CT molecular complexity index is 266. The highest BCUT2D eigenvalue weighted by atomic mass is 16.5. The molecule has 16 heavy (non-hydrogen) atoms. The van der Waals surface area contributed by atoms with E-state index < -0.39 is 18.0 Å². The van der Waals surface area contributed by atoms with Gasteiger partial charge in [-0.1, -0.05) is 13.2 Å². The van der Waals surface area contributed by atoms with E-state index in [0.717, 1.165) is 0 Å². The zero-order chi connectivity index (χ0) is 13.3. The summed E-state index contributed by atoms with van der Waals surface area (Å²) in [6, 6.07) is 0. The predicted octanol–water partition coefficient (Wildman–Crippen LogP) is 1.13. The van der Waals surface area contributed by atoms with Crippen molar-refractivity contribution in [1.82, 2.24) is 0 Å². The minimum Gasteiger partial charge on any atom is -0.478 e. The average Bonchev–Trinajstić information content (AvgIpc) is 2.14. The van der Waals surface area contributed by atoms with Gasteiger partial charge in [-0.15, -0.1) is 0 Å². The van der Waals surface area contributed by atoms with Gasteiger partial charge in [0.25, 0.3) is 0 Å². The first-order valence-electron chi connectivity index (χ1n) is 4.58. The molecule has 0 saturated heterocycles. The fourth-order valence-electron chi connectivity index (χ4n) is 0.319. The zero-order valence-corrected chi connectivity index (χ0v) is 9.82. The number of rotatable bonds is 4. The SMILES string of the molecule is C=C(C)C(=O)O.C=C(C)C(=O)OCC(C)O. The van der Waals surface area contributed by atoms with Crippen LogP contribution in [-0.2, 0) is 14.3 Å². The summed E-state index contributed by atoms with van der Waals surface area (Å²) in [7, 11) is 0. The lowest BCUT2D eigenvalue weighted by Crippen LogP contribution is -2.15. The average molecular weight is 230 g/mol. The van der Waals surface area contributed by atoms with Gasteiger partial charge in [0.15, 0.2) is 0 Å². The van der Waals surface area contributed by atoms with E-state index in [2.05, 4.69) is 17.9 Å². The Labute approximate surface area is 95.0 Å². The molecular weight excluding hydrogens is 212 g/mol. The number of carboxylic acid groups (broad SMARTS) is 1. The Balaban J connectivity index is 0. The highest BCUT2D eigenvalue weighted by Gasteiger charge is 2.03. The molecule has 0 aromatic carbocycles. The van der Waals surface area contributed by atoms with E-state index in [-0.39, 0.29) is 12.2 Å². The number of esters is 1. The van der Waals surface area contributed by atoms with Crippen LogP contribution in [0.2, 0.25) is 0 Å². The minimum atomic E-state index is -0.935. The number of aliphatic carboxylic acids is 1. The number of carbonyl (C=O) groups excluding carboxylic acids is 1. The minimum absolute atomic E-state index is 0.0334. The second kappa shape index (κ2) is 8.67. The molecule has 0 aliphatic heterocycles. The number of hydrogen-bond donors (Lipinski definition) is 2. The van der Waals surface area contributed by atoms with Crippen LogP contribution in [0.1, 0.15) is 20.8 Å². The Morgan fingerprint density at radius 1 is 1.25 bits per heavy atom. The van der Waals surface area contributed by atoms with Crippen molar-refractivity contribution in [2.24, 2.45) is 0 Å². The maximum atomic E-state index is 10.6. The molecule has 1 unspecified atom stereocenters. The Morgan fingerprint density at radius 3 is 1.81 bits per heavy atom. The normalized spacial score (nSPS) is 10.5. The van der Waals surface area contributed by atoms with E-state index in [4.69, 9.17) is 10.2 Å². The van der Waals surface area contributed by atoms with Gasteiger partial charge in [-0.25, -0.2) is 9.59 Å². The second-order valence-electron chi connectivity index (χ2n) is 3.31. The first-order chi connectivity index (χ1) is 7.18. The first kappa shape index (κ1) is 16.8. The maximum Gasteiger partial charge on any atom is 0.333 e. The number of aliphatic hydroxyl groups is 1. The molecule has 0 fully saturated rings. The topological polar surface area (TPSA) is 83.8 Å². The van der Waals surface area contributed by atoms with Crippen LogP contribution >= 0.6 is 0 Å². The molecule has 92 valence electrons. The van der Waals surface area contributed by atoms with E-state index in [1.165, 1.54) is 6.92 Å². The van der Waals surface area contributed by atoms with E-state index in [1.807, 2.05) is 0 Å². The molecule has 0 saturated carbocycles. The fourth-order valence-corrected chi connectivity index (χ4v) is 0.319. The van der Waals surface area contributed by atoms with Gasteiger partial charge in [0.1, 0.15) is 6.61 Å². The van der Waals surface area contributed by atoms with E-state index in [9.17, 15) is 9.59 Å². The molecule has 0 aliphatic rings. The molecule has 0 spiro atoms. The van der Waals surface area contributed by atoms with Crippen molar-refractivity contribution in [2.45, 2.75) is 26.9 Å². The second-order valence-corrected chi connectivity index (χ2v) is 3.31. The summed E-state index contributed by atoms with van der Waals surface area (Å²) in [5.41, 5.74) is 0.524. The summed E-state index contributed by atoms with van der Waals surface area (Å²) in [6.07, 6.45) is -0.608. The molecule has 0 aliphatic carbocycles. The third-order valence-electron chi connectivity index (χ3n) is 1.17. The van der Waals surface area contributed by atoms with Crippen molar-refractivity contribution in [2.75, 3.05) is 6.61 Å². The zero-order valence-electron chi connectivity index (χ0n) is 9.82. The van der Waals surface area contributed by atoms with Crippen LogP contribution in [0.15, 0.2) is 24.3 Å². The summed E-state index contributed by atoms with van der Waals surface area (Å²) in [5, 5.41) is 16.6. The quantitative estimate of drug-likeness (QED) is 0.558. The molecule has 0 aromatic heterocycles. The molecule has 0 bridgehead atoms. The monoisotopic (exact) mass is 230 g/mol. The maximum absolute atomic E-state index is 10.6. The number of carbonyl (C=O) groups is 2. The van der Waals surface area contributed by atoms with Gasteiger partial charge in [0.05, 0.1) is 6.10 Å². The largest absolute Gasteiger partial charge is 0.478 e. The Hall–Kier alpha value is -1.62. The van der Waals surface area contributed by atoms with E-state index in [0.29, 0.717) is 5.57 Å². The molecule has 0 radical (unpaired) electrons.